The number of allylic oxidation sites excluding steroid dienone is 1. The van der Waals surface area contributed by atoms with Crippen molar-refractivity contribution < 1.29 is 4.79 Å². The first kappa shape index (κ1) is 20.5. The standard InChI is InChI=1S/C25H25N5O/c1-17-4-7-21(8-5-17)30-19(3)22(15-28-30)24(31)29-20-6-9-23(27-14-20)25(16-26)12-10-18(2)11-13-25/h4-9,14-15H,2,10-13H2,1,3H3,(H,29,31). The van der Waals surface area contributed by atoms with Crippen molar-refractivity contribution >= 4 is 11.6 Å². The number of rotatable bonds is 4. The monoisotopic (exact) mass is 411 g/mol. The highest BCUT2D eigenvalue weighted by Crippen LogP contribution is 2.39. The van der Waals surface area contributed by atoms with Gasteiger partial charge in [-0.15, -0.1) is 0 Å². The van der Waals surface area contributed by atoms with Crippen molar-refractivity contribution in [3.05, 3.63) is 83.5 Å². The SMILES string of the molecule is C=C1CCC(C#N)(c2ccc(NC(=O)c3cnn(-c4ccc(C)cc4)c3C)cn2)CC1. The fourth-order valence-corrected chi connectivity index (χ4v) is 3.98. The summed E-state index contributed by atoms with van der Waals surface area (Å²) >= 11 is 0. The van der Waals surface area contributed by atoms with Crippen molar-refractivity contribution in [2.75, 3.05) is 5.32 Å². The summed E-state index contributed by atoms with van der Waals surface area (Å²) in [6, 6.07) is 14.1. The van der Waals surface area contributed by atoms with Crippen molar-refractivity contribution in [3.8, 4) is 11.8 Å². The van der Waals surface area contributed by atoms with Crippen LogP contribution in [-0.2, 0) is 5.41 Å². The summed E-state index contributed by atoms with van der Waals surface area (Å²) in [6.07, 6.45) is 6.36. The lowest BCUT2D eigenvalue weighted by Crippen LogP contribution is -2.28. The van der Waals surface area contributed by atoms with Gasteiger partial charge in [-0.2, -0.15) is 10.4 Å². The zero-order chi connectivity index (χ0) is 22.0. The average molecular weight is 412 g/mol. The molecular weight excluding hydrogens is 386 g/mol. The maximum absolute atomic E-state index is 12.8. The predicted molar refractivity (Wildman–Crippen MR) is 120 cm³/mol. The lowest BCUT2D eigenvalue weighted by atomic mass is 9.71. The molecule has 1 amide bonds. The van der Waals surface area contributed by atoms with Gasteiger partial charge in [0.05, 0.1) is 52.2 Å². The molecule has 0 radical (unpaired) electrons. The van der Waals surface area contributed by atoms with E-state index in [1.54, 1.807) is 17.1 Å². The fraction of sp³-hybridized carbons (Fsp3) is 0.280. The van der Waals surface area contributed by atoms with E-state index in [-0.39, 0.29) is 5.91 Å². The summed E-state index contributed by atoms with van der Waals surface area (Å²) in [5.74, 6) is -0.241. The van der Waals surface area contributed by atoms with Gasteiger partial charge in [0, 0.05) is 0 Å². The Labute approximate surface area is 182 Å². The summed E-state index contributed by atoms with van der Waals surface area (Å²) in [6.45, 7) is 7.93. The Morgan fingerprint density at radius 1 is 1.13 bits per heavy atom. The number of aryl methyl sites for hydroxylation is 1. The highest BCUT2D eigenvalue weighted by Gasteiger charge is 2.36. The molecule has 2 heterocycles. The molecule has 31 heavy (non-hydrogen) atoms. The van der Waals surface area contributed by atoms with Crippen LogP contribution in [-0.4, -0.2) is 20.7 Å². The minimum Gasteiger partial charge on any atom is -0.320 e. The van der Waals surface area contributed by atoms with Crippen LogP contribution in [0, 0.1) is 25.2 Å². The number of amides is 1. The van der Waals surface area contributed by atoms with Crippen LogP contribution in [0.15, 0.2) is 60.9 Å². The molecule has 1 aliphatic carbocycles. The summed E-state index contributed by atoms with van der Waals surface area (Å²) in [4.78, 5) is 17.3. The Balaban J connectivity index is 1.50. The summed E-state index contributed by atoms with van der Waals surface area (Å²) in [5.41, 5.74) is 5.30. The molecule has 0 aliphatic heterocycles. The number of hydrogen-bond acceptors (Lipinski definition) is 4. The number of aromatic nitrogens is 3. The largest absolute Gasteiger partial charge is 0.320 e. The number of hydrogen-bond donors (Lipinski definition) is 1. The molecule has 0 atom stereocenters. The maximum Gasteiger partial charge on any atom is 0.259 e. The van der Waals surface area contributed by atoms with Gasteiger partial charge in [0.15, 0.2) is 0 Å². The maximum atomic E-state index is 12.8. The van der Waals surface area contributed by atoms with Crippen LogP contribution in [0.4, 0.5) is 5.69 Å². The third-order valence-electron chi connectivity index (χ3n) is 6.07. The van der Waals surface area contributed by atoms with Crippen LogP contribution in [0.5, 0.6) is 0 Å². The van der Waals surface area contributed by atoms with E-state index in [0.29, 0.717) is 11.3 Å². The molecule has 1 saturated carbocycles. The number of carbonyl (C=O) groups is 1. The van der Waals surface area contributed by atoms with Crippen LogP contribution >= 0.6 is 0 Å². The number of nitriles is 1. The van der Waals surface area contributed by atoms with Gasteiger partial charge in [0.2, 0.25) is 0 Å². The van der Waals surface area contributed by atoms with Crippen LogP contribution in [0.2, 0.25) is 0 Å². The Kier molecular flexibility index (Phi) is 5.43. The molecule has 1 N–H and O–H groups in total. The van der Waals surface area contributed by atoms with Crippen LogP contribution < -0.4 is 5.32 Å². The van der Waals surface area contributed by atoms with E-state index in [4.69, 9.17) is 0 Å². The number of anilines is 1. The molecule has 0 unspecified atom stereocenters. The van der Waals surface area contributed by atoms with Crippen molar-refractivity contribution in [1.29, 1.82) is 5.26 Å². The Hall–Kier alpha value is -3.72. The molecule has 3 aromatic rings. The van der Waals surface area contributed by atoms with Crippen LogP contribution in [0.3, 0.4) is 0 Å². The molecular formula is C25H25N5O. The molecule has 6 nitrogen and oxygen atoms in total. The van der Waals surface area contributed by atoms with E-state index in [1.807, 2.05) is 50.2 Å². The first-order chi connectivity index (χ1) is 14.9. The van der Waals surface area contributed by atoms with Crippen molar-refractivity contribution in [1.82, 2.24) is 14.8 Å². The number of carbonyl (C=O) groups excluding carboxylic acids is 1. The molecule has 0 saturated heterocycles. The third kappa shape index (κ3) is 3.99. The van der Waals surface area contributed by atoms with Crippen molar-refractivity contribution in [2.24, 2.45) is 0 Å². The highest BCUT2D eigenvalue weighted by atomic mass is 16.1. The highest BCUT2D eigenvalue weighted by molar-refractivity contribution is 6.04. The van der Waals surface area contributed by atoms with Crippen molar-refractivity contribution in [3.63, 3.8) is 0 Å². The van der Waals surface area contributed by atoms with E-state index in [0.717, 1.165) is 42.8 Å². The molecule has 4 rings (SSSR count). The van der Waals surface area contributed by atoms with E-state index in [9.17, 15) is 10.1 Å². The predicted octanol–water partition coefficient (Wildman–Crippen LogP) is 5.03. The van der Waals surface area contributed by atoms with E-state index in [2.05, 4.69) is 28.0 Å². The molecule has 2 aromatic heterocycles. The third-order valence-corrected chi connectivity index (χ3v) is 6.07. The Bertz CT molecular complexity index is 1160. The smallest absolute Gasteiger partial charge is 0.259 e. The molecule has 0 bridgehead atoms. The van der Waals surface area contributed by atoms with Gasteiger partial charge in [0.1, 0.15) is 0 Å². The van der Waals surface area contributed by atoms with Gasteiger partial charge in [-0.05, 0) is 63.8 Å². The lowest BCUT2D eigenvalue weighted by molar-refractivity contribution is 0.102. The molecule has 6 heteroatoms. The number of pyridine rings is 1. The second kappa shape index (κ2) is 8.19. The van der Waals surface area contributed by atoms with Crippen molar-refractivity contribution in [2.45, 2.75) is 44.9 Å². The van der Waals surface area contributed by atoms with Gasteiger partial charge in [0.25, 0.3) is 5.91 Å². The molecule has 1 aliphatic rings. The van der Waals surface area contributed by atoms with Gasteiger partial charge in [-0.3, -0.25) is 9.78 Å². The summed E-state index contributed by atoms with van der Waals surface area (Å²) < 4.78 is 1.75. The minimum atomic E-state index is -0.574. The minimum absolute atomic E-state index is 0.241. The molecule has 156 valence electrons. The normalized spacial score (nSPS) is 15.3. The molecule has 1 fully saturated rings. The Morgan fingerprint density at radius 2 is 1.84 bits per heavy atom. The molecule has 0 spiro atoms. The zero-order valence-electron chi connectivity index (χ0n) is 17.9. The second-order valence-electron chi connectivity index (χ2n) is 8.22. The van der Waals surface area contributed by atoms with Gasteiger partial charge in [-0.25, -0.2) is 4.68 Å². The number of benzene rings is 1. The van der Waals surface area contributed by atoms with E-state index in [1.165, 1.54) is 11.1 Å². The zero-order valence-corrected chi connectivity index (χ0v) is 17.9. The van der Waals surface area contributed by atoms with Gasteiger partial charge in [-0.1, -0.05) is 29.8 Å². The number of nitrogens with one attached hydrogen (secondary N) is 1. The lowest BCUT2D eigenvalue weighted by Gasteiger charge is -2.31. The number of nitrogens with zero attached hydrogens (tertiary/aromatic N) is 4. The van der Waals surface area contributed by atoms with Crippen LogP contribution in [0.25, 0.3) is 5.69 Å². The first-order valence-corrected chi connectivity index (χ1v) is 10.4. The summed E-state index contributed by atoms with van der Waals surface area (Å²) in [5, 5.41) is 17.1. The van der Waals surface area contributed by atoms with Gasteiger partial charge < -0.3 is 5.32 Å². The van der Waals surface area contributed by atoms with Gasteiger partial charge >= 0.3 is 0 Å². The second-order valence-corrected chi connectivity index (χ2v) is 8.22. The summed E-state index contributed by atoms with van der Waals surface area (Å²) in [7, 11) is 0. The van der Waals surface area contributed by atoms with E-state index >= 15 is 0 Å². The average Bonchev–Trinajstić information content (AvgIpc) is 3.17. The van der Waals surface area contributed by atoms with E-state index < -0.39 is 5.41 Å². The first-order valence-electron chi connectivity index (χ1n) is 10.4. The van der Waals surface area contributed by atoms with Crippen LogP contribution in [0.1, 0.15) is 53.0 Å². The topological polar surface area (TPSA) is 83.6 Å². The molecule has 1 aromatic carbocycles. The fourth-order valence-electron chi connectivity index (χ4n) is 3.98. The Morgan fingerprint density at radius 3 is 2.45 bits per heavy atom. The quantitative estimate of drug-likeness (QED) is 0.611.